The Morgan fingerprint density at radius 2 is 2.08 bits per heavy atom. The van der Waals surface area contributed by atoms with E-state index in [0.29, 0.717) is 0 Å². The summed E-state index contributed by atoms with van der Waals surface area (Å²) in [5, 5.41) is 9.74. The summed E-state index contributed by atoms with van der Waals surface area (Å²) in [6.07, 6.45) is 2.11. The second-order valence-corrected chi connectivity index (χ2v) is 4.86. The monoisotopic (exact) mass is 352 g/mol. The summed E-state index contributed by atoms with van der Waals surface area (Å²) in [6.45, 7) is -1.65. The molecule has 25 heavy (non-hydrogen) atoms. The fraction of sp³-hybridized carbons (Fsp3) is 0.176. The number of aromatic hydroxyl groups is 1. The molecule has 0 radical (unpaired) electrons. The molecule has 2 rings (SSSR count). The molecule has 0 bridgehead atoms. The van der Waals surface area contributed by atoms with Gasteiger partial charge in [-0.05, 0) is 25.1 Å². The van der Waals surface area contributed by atoms with Crippen molar-refractivity contribution in [2.75, 3.05) is 7.11 Å². The van der Waals surface area contributed by atoms with Crippen LogP contribution in [0.2, 0.25) is 0 Å². The van der Waals surface area contributed by atoms with Gasteiger partial charge in [-0.3, -0.25) is 4.79 Å². The first kappa shape index (κ1) is 18.2. The lowest BCUT2D eigenvalue weighted by Crippen LogP contribution is -2.13. The van der Waals surface area contributed by atoms with Gasteiger partial charge in [-0.15, -0.1) is 0 Å². The number of carbonyl (C=O) groups is 1. The lowest BCUT2D eigenvalue weighted by molar-refractivity contribution is -0.0513. The predicted octanol–water partition coefficient (Wildman–Crippen LogP) is 3.16. The molecule has 0 fully saturated rings. The molecule has 2 aromatic rings. The number of ether oxygens (including phenoxy) is 2. The van der Waals surface area contributed by atoms with Gasteiger partial charge in [0.2, 0.25) is 0 Å². The van der Waals surface area contributed by atoms with Crippen molar-refractivity contribution in [1.29, 1.82) is 0 Å². The van der Waals surface area contributed by atoms with E-state index in [4.69, 9.17) is 9.15 Å². The van der Waals surface area contributed by atoms with E-state index in [1.54, 1.807) is 0 Å². The molecular weight excluding hydrogens is 338 g/mol. The molecule has 6 nitrogen and oxygen atoms in total. The van der Waals surface area contributed by atoms with Crippen LogP contribution in [0.1, 0.15) is 21.7 Å². The maximum Gasteiger partial charge on any atom is 0.387 e. The number of hydrogen-bond donors (Lipinski definition) is 1. The third-order valence-electron chi connectivity index (χ3n) is 3.15. The molecule has 132 valence electrons. The maximum absolute atomic E-state index is 12.6. The summed E-state index contributed by atoms with van der Waals surface area (Å²) in [5.74, 6) is -1.45. The first-order valence-electron chi connectivity index (χ1n) is 7.01. The van der Waals surface area contributed by atoms with Crippen LogP contribution < -0.4 is 15.1 Å². The SMILES string of the molecule is COc1cccc(/C=C/C(=O)c2c(O)cc(C)oc2=O)c1OC(F)F. The molecule has 0 amide bonds. The van der Waals surface area contributed by atoms with E-state index < -0.39 is 29.3 Å². The standard InChI is InChI=1S/C17H14F2O6/c1-9-8-12(21)14(16(22)24-9)11(20)7-6-10-4-3-5-13(23-2)15(10)25-17(18)19/h3-8,17,21H,1-2H3/b7-6+. The molecule has 0 saturated heterocycles. The smallest absolute Gasteiger partial charge is 0.387 e. The minimum atomic E-state index is -3.09. The molecule has 0 aliphatic heterocycles. The van der Waals surface area contributed by atoms with E-state index in [9.17, 15) is 23.5 Å². The number of rotatable bonds is 6. The molecule has 1 heterocycles. The Bertz CT molecular complexity index is 870. The largest absolute Gasteiger partial charge is 0.507 e. The average molecular weight is 352 g/mol. The summed E-state index contributed by atoms with van der Waals surface area (Å²) in [5.41, 5.74) is -1.42. The van der Waals surface area contributed by atoms with E-state index in [2.05, 4.69) is 4.74 Å². The molecule has 0 aliphatic carbocycles. The topological polar surface area (TPSA) is 86.0 Å². The minimum Gasteiger partial charge on any atom is -0.507 e. The van der Waals surface area contributed by atoms with Crippen LogP contribution in [-0.2, 0) is 0 Å². The van der Waals surface area contributed by atoms with Crippen molar-refractivity contribution in [3.05, 3.63) is 57.6 Å². The van der Waals surface area contributed by atoms with Gasteiger partial charge in [0.05, 0.1) is 7.11 Å². The fourth-order valence-electron chi connectivity index (χ4n) is 2.11. The van der Waals surface area contributed by atoms with Gasteiger partial charge in [-0.1, -0.05) is 12.1 Å². The molecule has 0 unspecified atom stereocenters. The van der Waals surface area contributed by atoms with E-state index in [1.807, 2.05) is 0 Å². The van der Waals surface area contributed by atoms with Crippen molar-refractivity contribution < 1.29 is 32.6 Å². The molecule has 8 heteroatoms. The Morgan fingerprint density at radius 1 is 1.36 bits per heavy atom. The van der Waals surface area contributed by atoms with Crippen molar-refractivity contribution in [1.82, 2.24) is 0 Å². The molecule has 0 aliphatic rings. The number of para-hydroxylation sites is 1. The third kappa shape index (κ3) is 4.23. The zero-order chi connectivity index (χ0) is 18.6. The zero-order valence-corrected chi connectivity index (χ0v) is 13.3. The highest BCUT2D eigenvalue weighted by Crippen LogP contribution is 2.33. The Balaban J connectivity index is 2.40. The second kappa shape index (κ2) is 7.61. The average Bonchev–Trinajstić information content (AvgIpc) is 2.52. The van der Waals surface area contributed by atoms with Crippen LogP contribution in [0.5, 0.6) is 17.2 Å². The number of carbonyl (C=O) groups excluding carboxylic acids is 1. The van der Waals surface area contributed by atoms with E-state index in [-0.39, 0.29) is 22.8 Å². The summed E-state index contributed by atoms with van der Waals surface area (Å²) >= 11 is 0. The van der Waals surface area contributed by atoms with Crippen LogP contribution in [-0.4, -0.2) is 24.6 Å². The number of halogens is 2. The van der Waals surface area contributed by atoms with E-state index >= 15 is 0 Å². The van der Waals surface area contributed by atoms with E-state index in [0.717, 1.165) is 12.1 Å². The van der Waals surface area contributed by atoms with Crippen LogP contribution in [0.15, 0.2) is 39.6 Å². The highest BCUT2D eigenvalue weighted by molar-refractivity contribution is 6.08. The van der Waals surface area contributed by atoms with Crippen molar-refractivity contribution in [3.8, 4) is 17.2 Å². The first-order chi connectivity index (χ1) is 11.8. The van der Waals surface area contributed by atoms with Crippen molar-refractivity contribution >= 4 is 11.9 Å². The molecule has 0 saturated carbocycles. The lowest BCUT2D eigenvalue weighted by Gasteiger charge is -2.12. The van der Waals surface area contributed by atoms with Gasteiger partial charge in [-0.2, -0.15) is 8.78 Å². The third-order valence-corrected chi connectivity index (χ3v) is 3.15. The quantitative estimate of drug-likeness (QED) is 0.635. The molecule has 0 atom stereocenters. The number of methoxy groups -OCH3 is 1. The normalized spacial score (nSPS) is 11.1. The zero-order valence-electron chi connectivity index (χ0n) is 13.3. The van der Waals surface area contributed by atoms with Gasteiger partial charge in [0.25, 0.3) is 0 Å². The van der Waals surface area contributed by atoms with Crippen LogP contribution in [0.25, 0.3) is 6.08 Å². The van der Waals surface area contributed by atoms with Crippen molar-refractivity contribution in [2.24, 2.45) is 0 Å². The lowest BCUT2D eigenvalue weighted by atomic mass is 10.1. The Labute approximate surface area is 140 Å². The molecule has 1 N–H and O–H groups in total. The predicted molar refractivity (Wildman–Crippen MR) is 84.4 cm³/mol. The highest BCUT2D eigenvalue weighted by Gasteiger charge is 2.17. The van der Waals surface area contributed by atoms with Gasteiger partial charge >= 0.3 is 12.2 Å². The number of aryl methyl sites for hydroxylation is 1. The van der Waals surface area contributed by atoms with Crippen LogP contribution >= 0.6 is 0 Å². The van der Waals surface area contributed by atoms with Gasteiger partial charge < -0.3 is 19.0 Å². The Hall–Kier alpha value is -3.16. The summed E-state index contributed by atoms with van der Waals surface area (Å²) in [4.78, 5) is 23.8. The van der Waals surface area contributed by atoms with Crippen molar-refractivity contribution in [3.63, 3.8) is 0 Å². The van der Waals surface area contributed by atoms with Gasteiger partial charge in [-0.25, -0.2) is 4.79 Å². The fourth-order valence-corrected chi connectivity index (χ4v) is 2.11. The Morgan fingerprint density at radius 3 is 2.68 bits per heavy atom. The number of ketones is 1. The highest BCUT2D eigenvalue weighted by atomic mass is 19.3. The second-order valence-electron chi connectivity index (χ2n) is 4.86. The Kier molecular flexibility index (Phi) is 5.53. The number of benzene rings is 1. The molecular formula is C17H14F2O6. The molecule has 1 aromatic carbocycles. The maximum atomic E-state index is 12.6. The summed E-state index contributed by atoms with van der Waals surface area (Å²) < 4.78 is 39.3. The minimum absolute atomic E-state index is 0.0487. The van der Waals surface area contributed by atoms with Gasteiger partial charge in [0.15, 0.2) is 17.3 Å². The van der Waals surface area contributed by atoms with E-state index in [1.165, 1.54) is 38.3 Å². The molecule has 0 spiro atoms. The number of allylic oxidation sites excluding steroid dienone is 1. The van der Waals surface area contributed by atoms with Crippen LogP contribution in [0.3, 0.4) is 0 Å². The molecule has 1 aromatic heterocycles. The van der Waals surface area contributed by atoms with Gasteiger partial charge in [0, 0.05) is 11.6 Å². The van der Waals surface area contributed by atoms with Crippen LogP contribution in [0, 0.1) is 6.92 Å². The van der Waals surface area contributed by atoms with Gasteiger partial charge in [0.1, 0.15) is 17.1 Å². The number of hydrogen-bond acceptors (Lipinski definition) is 6. The summed E-state index contributed by atoms with van der Waals surface area (Å²) in [6, 6.07) is 5.47. The summed E-state index contributed by atoms with van der Waals surface area (Å²) in [7, 11) is 1.28. The van der Waals surface area contributed by atoms with Crippen LogP contribution in [0.4, 0.5) is 8.78 Å². The first-order valence-corrected chi connectivity index (χ1v) is 7.01. The van der Waals surface area contributed by atoms with Crippen molar-refractivity contribution in [2.45, 2.75) is 13.5 Å². The number of alkyl halides is 2.